The van der Waals surface area contributed by atoms with Crippen molar-refractivity contribution in [1.29, 1.82) is 0 Å². The van der Waals surface area contributed by atoms with E-state index in [1.54, 1.807) is 27.0 Å². The molecule has 0 aliphatic carbocycles. The molecule has 1 aromatic carbocycles. The summed E-state index contributed by atoms with van der Waals surface area (Å²) in [5.74, 6) is -0.146. The number of anilines is 2. The number of aryl methyl sites for hydroxylation is 1. The lowest BCUT2D eigenvalue weighted by atomic mass is 10.1. The zero-order chi connectivity index (χ0) is 20.8. The number of benzene rings is 1. The van der Waals surface area contributed by atoms with Crippen molar-refractivity contribution in [3.8, 4) is 0 Å². The molecule has 1 aliphatic rings. The molecule has 0 spiro atoms. The Morgan fingerprint density at radius 1 is 1.24 bits per heavy atom. The van der Waals surface area contributed by atoms with Crippen molar-refractivity contribution in [2.24, 2.45) is 7.05 Å². The maximum absolute atomic E-state index is 13.0. The van der Waals surface area contributed by atoms with Crippen LogP contribution >= 0.6 is 0 Å². The third kappa shape index (κ3) is 3.81. The summed E-state index contributed by atoms with van der Waals surface area (Å²) in [5, 5.41) is 4.36. The maximum Gasteiger partial charge on any atom is 0.326 e. The Morgan fingerprint density at radius 2 is 2.03 bits per heavy atom. The predicted molar refractivity (Wildman–Crippen MR) is 111 cm³/mol. The number of ether oxygens (including phenoxy) is 1. The molecule has 3 aromatic rings. The second kappa shape index (κ2) is 6.92. The topological polar surface area (TPSA) is 76.5 Å². The first-order valence-electron chi connectivity index (χ1n) is 9.52. The van der Waals surface area contributed by atoms with Crippen LogP contribution in [0, 0.1) is 0 Å². The Morgan fingerprint density at radius 3 is 2.79 bits per heavy atom. The van der Waals surface area contributed by atoms with Crippen molar-refractivity contribution in [2.75, 3.05) is 11.9 Å². The van der Waals surface area contributed by atoms with Crippen LogP contribution in [0.15, 0.2) is 42.7 Å². The number of rotatable bonds is 4. The van der Waals surface area contributed by atoms with E-state index >= 15 is 0 Å². The van der Waals surface area contributed by atoms with E-state index in [9.17, 15) is 9.59 Å². The van der Waals surface area contributed by atoms with Crippen LogP contribution in [-0.2, 0) is 23.1 Å². The molecule has 0 radical (unpaired) electrons. The summed E-state index contributed by atoms with van der Waals surface area (Å²) in [7, 11) is 2.00. The Kier molecular flexibility index (Phi) is 4.53. The first kappa shape index (κ1) is 19.0. The van der Waals surface area contributed by atoms with Gasteiger partial charge in [0.1, 0.15) is 18.0 Å². The van der Waals surface area contributed by atoms with E-state index in [1.807, 2.05) is 43.6 Å². The quantitative estimate of drug-likeness (QED) is 0.687. The number of esters is 1. The Bertz CT molecular complexity index is 1110. The highest BCUT2D eigenvalue weighted by molar-refractivity contribution is 6.04. The SMILES string of the molecule is Cn1ccc2cc(Nc3nccc4c3C(=O)N(CC(=O)OC(C)(C)C)C4)ccc21. The zero-order valence-corrected chi connectivity index (χ0v) is 17.0. The monoisotopic (exact) mass is 392 g/mol. The standard InChI is InChI=1S/C22H24N4O3/c1-22(2,3)29-18(27)13-26-12-15-7-9-23-20(19(15)21(26)28)24-16-5-6-17-14(11-16)8-10-25(17)4/h5-11H,12-13H2,1-4H3,(H,23,24). The van der Waals surface area contributed by atoms with Crippen molar-refractivity contribution >= 4 is 34.3 Å². The average molecular weight is 392 g/mol. The van der Waals surface area contributed by atoms with E-state index in [4.69, 9.17) is 4.74 Å². The van der Waals surface area contributed by atoms with Crippen LogP contribution in [0.3, 0.4) is 0 Å². The van der Waals surface area contributed by atoms with Gasteiger partial charge in [-0.05, 0) is 56.7 Å². The zero-order valence-electron chi connectivity index (χ0n) is 17.0. The number of aromatic nitrogens is 2. The summed E-state index contributed by atoms with van der Waals surface area (Å²) in [5.41, 5.74) is 2.74. The van der Waals surface area contributed by atoms with E-state index in [2.05, 4.69) is 14.9 Å². The van der Waals surface area contributed by atoms with Gasteiger partial charge in [-0.15, -0.1) is 0 Å². The van der Waals surface area contributed by atoms with E-state index in [1.165, 1.54) is 4.90 Å². The number of pyridine rings is 1. The fourth-order valence-corrected chi connectivity index (χ4v) is 3.56. The molecule has 0 saturated carbocycles. The van der Waals surface area contributed by atoms with Crippen LogP contribution < -0.4 is 5.32 Å². The van der Waals surface area contributed by atoms with Gasteiger partial charge in [-0.2, -0.15) is 0 Å². The molecule has 4 rings (SSSR count). The molecule has 0 saturated heterocycles. The molecule has 1 amide bonds. The molecule has 29 heavy (non-hydrogen) atoms. The molecule has 7 heteroatoms. The Hall–Kier alpha value is -3.35. The molecule has 1 N–H and O–H groups in total. The molecular weight excluding hydrogens is 368 g/mol. The van der Waals surface area contributed by atoms with Gasteiger partial charge < -0.3 is 19.5 Å². The van der Waals surface area contributed by atoms with Crippen LogP contribution in [0.25, 0.3) is 10.9 Å². The van der Waals surface area contributed by atoms with Crippen molar-refractivity contribution < 1.29 is 14.3 Å². The third-order valence-corrected chi connectivity index (χ3v) is 4.79. The van der Waals surface area contributed by atoms with Gasteiger partial charge in [0, 0.05) is 42.6 Å². The van der Waals surface area contributed by atoms with E-state index < -0.39 is 11.6 Å². The fourth-order valence-electron chi connectivity index (χ4n) is 3.56. The minimum Gasteiger partial charge on any atom is -0.459 e. The molecule has 7 nitrogen and oxygen atoms in total. The minimum atomic E-state index is -0.586. The largest absolute Gasteiger partial charge is 0.459 e. The van der Waals surface area contributed by atoms with Gasteiger partial charge >= 0.3 is 5.97 Å². The highest BCUT2D eigenvalue weighted by atomic mass is 16.6. The number of hydrogen-bond donors (Lipinski definition) is 1. The van der Waals surface area contributed by atoms with Gasteiger partial charge in [-0.25, -0.2) is 4.98 Å². The number of carbonyl (C=O) groups is 2. The second-order valence-electron chi connectivity index (χ2n) is 8.27. The van der Waals surface area contributed by atoms with Crippen molar-refractivity contribution in [1.82, 2.24) is 14.5 Å². The van der Waals surface area contributed by atoms with Crippen molar-refractivity contribution in [3.05, 3.63) is 53.9 Å². The van der Waals surface area contributed by atoms with Crippen LogP contribution in [0.2, 0.25) is 0 Å². The van der Waals surface area contributed by atoms with E-state index in [-0.39, 0.29) is 12.5 Å². The Balaban J connectivity index is 1.56. The van der Waals surface area contributed by atoms with Crippen LogP contribution in [-0.4, -0.2) is 38.5 Å². The summed E-state index contributed by atoms with van der Waals surface area (Å²) in [6, 6.07) is 9.86. The number of nitrogens with zero attached hydrogens (tertiary/aromatic N) is 3. The number of nitrogens with one attached hydrogen (secondary N) is 1. The smallest absolute Gasteiger partial charge is 0.326 e. The van der Waals surface area contributed by atoms with Gasteiger partial charge in [0.2, 0.25) is 0 Å². The van der Waals surface area contributed by atoms with E-state index in [0.717, 1.165) is 22.2 Å². The highest BCUT2D eigenvalue weighted by Gasteiger charge is 2.33. The predicted octanol–water partition coefficient (Wildman–Crippen LogP) is 3.61. The number of amides is 1. The lowest BCUT2D eigenvalue weighted by molar-refractivity contribution is -0.155. The maximum atomic E-state index is 13.0. The molecule has 0 fully saturated rings. The number of carbonyl (C=O) groups excluding carboxylic acids is 2. The van der Waals surface area contributed by atoms with Gasteiger partial charge in [0.25, 0.3) is 5.91 Å². The molecule has 0 bridgehead atoms. The Labute approximate surface area is 169 Å². The molecule has 3 heterocycles. The first-order chi connectivity index (χ1) is 13.7. The third-order valence-electron chi connectivity index (χ3n) is 4.79. The average Bonchev–Trinajstić information content (AvgIpc) is 3.14. The van der Waals surface area contributed by atoms with E-state index in [0.29, 0.717) is 17.9 Å². The summed E-state index contributed by atoms with van der Waals surface area (Å²) >= 11 is 0. The van der Waals surface area contributed by atoms with Crippen LogP contribution in [0.1, 0.15) is 36.7 Å². The lowest BCUT2D eigenvalue weighted by Crippen LogP contribution is -2.35. The van der Waals surface area contributed by atoms with Gasteiger partial charge in [-0.3, -0.25) is 9.59 Å². The van der Waals surface area contributed by atoms with Crippen LogP contribution in [0.5, 0.6) is 0 Å². The number of fused-ring (bicyclic) bond motifs is 2. The molecule has 1 aliphatic heterocycles. The molecule has 150 valence electrons. The summed E-state index contributed by atoms with van der Waals surface area (Å²) < 4.78 is 7.40. The highest BCUT2D eigenvalue weighted by Crippen LogP contribution is 2.30. The second-order valence-corrected chi connectivity index (χ2v) is 8.27. The molecular formula is C22H24N4O3. The normalized spacial score (nSPS) is 13.7. The van der Waals surface area contributed by atoms with Gasteiger partial charge in [0.05, 0.1) is 5.56 Å². The minimum absolute atomic E-state index is 0.0831. The first-order valence-corrected chi connectivity index (χ1v) is 9.52. The fraction of sp³-hybridized carbons (Fsp3) is 0.318. The molecule has 2 aromatic heterocycles. The summed E-state index contributed by atoms with van der Waals surface area (Å²) in [4.78, 5) is 31.0. The van der Waals surface area contributed by atoms with Gasteiger partial charge in [-0.1, -0.05) is 0 Å². The molecule has 0 atom stereocenters. The van der Waals surface area contributed by atoms with Crippen LogP contribution in [0.4, 0.5) is 11.5 Å². The van der Waals surface area contributed by atoms with Crippen molar-refractivity contribution in [3.63, 3.8) is 0 Å². The van der Waals surface area contributed by atoms with Gasteiger partial charge in [0.15, 0.2) is 0 Å². The summed E-state index contributed by atoms with van der Waals surface area (Å²) in [6.07, 6.45) is 3.68. The summed E-state index contributed by atoms with van der Waals surface area (Å²) in [6.45, 7) is 5.70. The number of hydrogen-bond acceptors (Lipinski definition) is 5. The van der Waals surface area contributed by atoms with Crippen molar-refractivity contribution in [2.45, 2.75) is 32.9 Å². The lowest BCUT2D eigenvalue weighted by Gasteiger charge is -2.22. The molecule has 0 unspecified atom stereocenters.